The first-order valence-electron chi connectivity index (χ1n) is 4.54. The standard InChI is InChI=1S/C10H16N2OS/c1-10(2,9(11)13)7-12-5-8-3-4-14-6-8/h3-4,6,12H,5,7H2,1-2H3,(H2,11,13). The summed E-state index contributed by atoms with van der Waals surface area (Å²) in [6.45, 7) is 5.09. The van der Waals surface area contributed by atoms with Crippen molar-refractivity contribution in [1.82, 2.24) is 5.32 Å². The summed E-state index contributed by atoms with van der Waals surface area (Å²) < 4.78 is 0. The highest BCUT2D eigenvalue weighted by molar-refractivity contribution is 7.07. The van der Waals surface area contributed by atoms with E-state index in [-0.39, 0.29) is 5.91 Å². The molecule has 0 aliphatic heterocycles. The van der Waals surface area contributed by atoms with Gasteiger partial charge in [0.2, 0.25) is 5.91 Å². The van der Waals surface area contributed by atoms with Crippen molar-refractivity contribution in [3.8, 4) is 0 Å². The molecule has 0 saturated heterocycles. The highest BCUT2D eigenvalue weighted by atomic mass is 32.1. The maximum atomic E-state index is 11.0. The summed E-state index contributed by atoms with van der Waals surface area (Å²) in [5.74, 6) is -0.268. The highest BCUT2D eigenvalue weighted by Crippen LogP contribution is 2.12. The molecule has 0 aromatic carbocycles. The number of thiophene rings is 1. The molecule has 0 aliphatic rings. The zero-order valence-electron chi connectivity index (χ0n) is 8.54. The Labute approximate surface area is 88.3 Å². The van der Waals surface area contributed by atoms with Crippen LogP contribution in [0, 0.1) is 5.41 Å². The van der Waals surface area contributed by atoms with Gasteiger partial charge in [-0.2, -0.15) is 11.3 Å². The van der Waals surface area contributed by atoms with Crippen LogP contribution in [0.25, 0.3) is 0 Å². The smallest absolute Gasteiger partial charge is 0.224 e. The Morgan fingerprint density at radius 2 is 2.36 bits per heavy atom. The van der Waals surface area contributed by atoms with Gasteiger partial charge < -0.3 is 11.1 Å². The maximum Gasteiger partial charge on any atom is 0.224 e. The van der Waals surface area contributed by atoms with E-state index in [2.05, 4.69) is 16.8 Å². The fraction of sp³-hybridized carbons (Fsp3) is 0.500. The Morgan fingerprint density at radius 1 is 1.64 bits per heavy atom. The minimum Gasteiger partial charge on any atom is -0.369 e. The summed E-state index contributed by atoms with van der Waals surface area (Å²) in [6, 6.07) is 2.06. The Morgan fingerprint density at radius 3 is 2.86 bits per heavy atom. The molecule has 0 fully saturated rings. The normalized spacial score (nSPS) is 11.6. The van der Waals surface area contributed by atoms with Gasteiger partial charge in [0.1, 0.15) is 0 Å². The van der Waals surface area contributed by atoms with E-state index in [4.69, 9.17) is 5.73 Å². The topological polar surface area (TPSA) is 55.1 Å². The van der Waals surface area contributed by atoms with Crippen LogP contribution >= 0.6 is 11.3 Å². The van der Waals surface area contributed by atoms with E-state index >= 15 is 0 Å². The molecule has 1 amide bonds. The Balaban J connectivity index is 2.31. The van der Waals surface area contributed by atoms with Crippen LogP contribution < -0.4 is 11.1 Å². The summed E-state index contributed by atoms with van der Waals surface area (Å²) in [4.78, 5) is 11.0. The minimum atomic E-state index is -0.476. The largest absolute Gasteiger partial charge is 0.369 e. The first-order valence-corrected chi connectivity index (χ1v) is 5.48. The van der Waals surface area contributed by atoms with E-state index in [0.717, 1.165) is 6.54 Å². The molecule has 0 atom stereocenters. The van der Waals surface area contributed by atoms with E-state index in [1.807, 2.05) is 19.2 Å². The number of primary amides is 1. The van der Waals surface area contributed by atoms with Crippen molar-refractivity contribution < 1.29 is 4.79 Å². The average molecular weight is 212 g/mol. The molecule has 0 unspecified atom stereocenters. The zero-order valence-corrected chi connectivity index (χ0v) is 9.36. The number of amides is 1. The molecule has 1 aromatic rings. The van der Waals surface area contributed by atoms with E-state index < -0.39 is 5.41 Å². The third-order valence-electron chi connectivity index (χ3n) is 2.14. The predicted octanol–water partition coefficient (Wildman–Crippen LogP) is 1.35. The van der Waals surface area contributed by atoms with Crippen LogP contribution in [0.1, 0.15) is 19.4 Å². The van der Waals surface area contributed by atoms with E-state index in [1.165, 1.54) is 5.56 Å². The van der Waals surface area contributed by atoms with Gasteiger partial charge in [-0.1, -0.05) is 0 Å². The molecule has 1 heterocycles. The van der Waals surface area contributed by atoms with Crippen LogP contribution in [0.3, 0.4) is 0 Å². The van der Waals surface area contributed by atoms with Gasteiger partial charge in [0.05, 0.1) is 5.41 Å². The highest BCUT2D eigenvalue weighted by Gasteiger charge is 2.23. The molecule has 0 bridgehead atoms. The SMILES string of the molecule is CC(C)(CNCc1ccsc1)C(N)=O. The Kier molecular flexibility index (Phi) is 3.66. The van der Waals surface area contributed by atoms with Gasteiger partial charge in [0.25, 0.3) is 0 Å². The molecule has 4 heteroatoms. The van der Waals surface area contributed by atoms with Gasteiger partial charge in [-0.3, -0.25) is 4.79 Å². The second-order valence-electron chi connectivity index (χ2n) is 3.98. The lowest BCUT2D eigenvalue weighted by Crippen LogP contribution is -2.40. The molecule has 0 radical (unpaired) electrons. The van der Waals surface area contributed by atoms with Crippen LogP contribution in [0.5, 0.6) is 0 Å². The van der Waals surface area contributed by atoms with Gasteiger partial charge >= 0.3 is 0 Å². The van der Waals surface area contributed by atoms with E-state index in [1.54, 1.807) is 11.3 Å². The average Bonchev–Trinajstić information content (AvgIpc) is 2.56. The quantitative estimate of drug-likeness (QED) is 0.774. The molecule has 0 aliphatic carbocycles. The lowest BCUT2D eigenvalue weighted by molar-refractivity contribution is -0.125. The van der Waals surface area contributed by atoms with Gasteiger partial charge in [0.15, 0.2) is 0 Å². The third-order valence-corrected chi connectivity index (χ3v) is 2.88. The van der Waals surface area contributed by atoms with Crippen LogP contribution in [-0.2, 0) is 11.3 Å². The number of rotatable bonds is 5. The number of carbonyl (C=O) groups is 1. The van der Waals surface area contributed by atoms with Crippen LogP contribution in [0.4, 0.5) is 0 Å². The summed E-state index contributed by atoms with van der Waals surface area (Å²) in [5.41, 5.74) is 6.02. The lowest BCUT2D eigenvalue weighted by atomic mass is 9.93. The Hall–Kier alpha value is -0.870. The van der Waals surface area contributed by atoms with Crippen molar-refractivity contribution >= 4 is 17.2 Å². The number of nitrogens with two attached hydrogens (primary N) is 1. The molecular formula is C10H16N2OS. The second kappa shape index (κ2) is 4.57. The van der Waals surface area contributed by atoms with Crippen molar-refractivity contribution in [2.75, 3.05) is 6.54 Å². The number of hydrogen-bond donors (Lipinski definition) is 2. The maximum absolute atomic E-state index is 11.0. The van der Waals surface area contributed by atoms with Crippen molar-refractivity contribution in [3.05, 3.63) is 22.4 Å². The molecular weight excluding hydrogens is 196 g/mol. The van der Waals surface area contributed by atoms with Gasteiger partial charge in [0, 0.05) is 13.1 Å². The van der Waals surface area contributed by atoms with Gasteiger partial charge in [-0.25, -0.2) is 0 Å². The van der Waals surface area contributed by atoms with Crippen LogP contribution in [-0.4, -0.2) is 12.5 Å². The summed E-state index contributed by atoms with van der Waals surface area (Å²) in [5, 5.41) is 7.34. The lowest BCUT2D eigenvalue weighted by Gasteiger charge is -2.20. The van der Waals surface area contributed by atoms with Crippen molar-refractivity contribution in [2.45, 2.75) is 20.4 Å². The van der Waals surface area contributed by atoms with Crippen LogP contribution in [0.2, 0.25) is 0 Å². The second-order valence-corrected chi connectivity index (χ2v) is 4.76. The molecule has 0 saturated carbocycles. The van der Waals surface area contributed by atoms with Crippen molar-refractivity contribution in [1.29, 1.82) is 0 Å². The monoisotopic (exact) mass is 212 g/mol. The van der Waals surface area contributed by atoms with Gasteiger partial charge in [-0.15, -0.1) is 0 Å². The minimum absolute atomic E-state index is 0.268. The summed E-state index contributed by atoms with van der Waals surface area (Å²) in [6.07, 6.45) is 0. The molecule has 78 valence electrons. The molecule has 1 rings (SSSR count). The number of nitrogens with one attached hydrogen (secondary N) is 1. The summed E-state index contributed by atoms with van der Waals surface area (Å²) in [7, 11) is 0. The molecule has 3 nitrogen and oxygen atoms in total. The van der Waals surface area contributed by atoms with Crippen molar-refractivity contribution in [3.63, 3.8) is 0 Å². The number of hydrogen-bond acceptors (Lipinski definition) is 3. The first-order chi connectivity index (χ1) is 6.52. The fourth-order valence-electron chi connectivity index (χ4n) is 1.000. The molecule has 1 aromatic heterocycles. The van der Waals surface area contributed by atoms with E-state index in [0.29, 0.717) is 6.54 Å². The van der Waals surface area contributed by atoms with Gasteiger partial charge in [-0.05, 0) is 36.2 Å². The molecule has 14 heavy (non-hydrogen) atoms. The van der Waals surface area contributed by atoms with E-state index in [9.17, 15) is 4.79 Å². The van der Waals surface area contributed by atoms with Crippen molar-refractivity contribution in [2.24, 2.45) is 11.1 Å². The third kappa shape index (κ3) is 3.12. The first kappa shape index (κ1) is 11.2. The van der Waals surface area contributed by atoms with Crippen LogP contribution in [0.15, 0.2) is 16.8 Å². The number of carbonyl (C=O) groups excluding carboxylic acids is 1. The summed E-state index contributed by atoms with van der Waals surface area (Å²) >= 11 is 1.67. The molecule has 0 spiro atoms. The predicted molar refractivity (Wildman–Crippen MR) is 59.0 cm³/mol. The Bertz CT molecular complexity index is 293. The fourth-order valence-corrected chi connectivity index (χ4v) is 1.67. The zero-order chi connectivity index (χ0) is 10.6. The molecule has 3 N–H and O–H groups in total.